The molecule has 0 aromatic heterocycles. The van der Waals surface area contributed by atoms with E-state index >= 15 is 0 Å². The third kappa shape index (κ3) is 2.85. The summed E-state index contributed by atoms with van der Waals surface area (Å²) in [5.74, 6) is -1.41. The maximum absolute atomic E-state index is 12.8. The van der Waals surface area contributed by atoms with Crippen LogP contribution in [0.5, 0.6) is 0 Å². The van der Waals surface area contributed by atoms with Gasteiger partial charge in [0.2, 0.25) is 0 Å². The van der Waals surface area contributed by atoms with Crippen LogP contribution in [0.15, 0.2) is 11.6 Å². The van der Waals surface area contributed by atoms with Gasteiger partial charge in [-0.05, 0) is 86.4 Å². The van der Waals surface area contributed by atoms with Crippen molar-refractivity contribution >= 4 is 12.3 Å². The van der Waals surface area contributed by atoms with Crippen LogP contribution in [0.4, 0.5) is 0 Å². The number of fused-ring (bicyclic) bond motifs is 7. The fourth-order valence-electron chi connectivity index (χ4n) is 10.9. The van der Waals surface area contributed by atoms with Crippen molar-refractivity contribution in [3.63, 3.8) is 0 Å². The molecule has 12 atom stereocenters. The Morgan fingerprint density at radius 2 is 1.69 bits per heavy atom. The van der Waals surface area contributed by atoms with Gasteiger partial charge in [-0.1, -0.05) is 46.3 Å². The first-order valence-electron chi connectivity index (χ1n) is 14.0. The molecule has 5 rings (SSSR count). The Balaban J connectivity index is 1.67. The smallest absolute Gasteiger partial charge is 0.310 e. The number of aliphatic hydroxyl groups is 3. The largest absolute Gasteiger partial charge is 0.481 e. The van der Waals surface area contributed by atoms with Crippen LogP contribution < -0.4 is 0 Å². The van der Waals surface area contributed by atoms with Gasteiger partial charge >= 0.3 is 5.97 Å². The number of rotatable bonds is 2. The number of hydrogen-bond donors (Lipinski definition) is 4. The lowest BCUT2D eigenvalue weighted by Crippen LogP contribution is -2.70. The summed E-state index contributed by atoms with van der Waals surface area (Å²) in [7, 11) is 0. The molecule has 5 aliphatic carbocycles. The molecular weight excluding hydrogens is 456 g/mol. The zero-order valence-electron chi connectivity index (χ0n) is 22.9. The molecule has 0 unspecified atom stereocenters. The van der Waals surface area contributed by atoms with Crippen molar-refractivity contribution in [2.75, 3.05) is 0 Å². The molecule has 5 aliphatic rings. The zero-order valence-corrected chi connectivity index (χ0v) is 22.9. The maximum Gasteiger partial charge on any atom is 0.310 e. The first-order chi connectivity index (χ1) is 16.6. The third-order valence-electron chi connectivity index (χ3n) is 13.3. The Morgan fingerprint density at radius 3 is 2.31 bits per heavy atom. The predicted molar refractivity (Wildman–Crippen MR) is 136 cm³/mol. The van der Waals surface area contributed by atoms with Crippen LogP contribution in [0.3, 0.4) is 0 Å². The fraction of sp³-hybridized carbons (Fsp3) is 0.867. The van der Waals surface area contributed by atoms with Gasteiger partial charge in [0.25, 0.3) is 0 Å². The van der Waals surface area contributed by atoms with Crippen LogP contribution in [-0.2, 0) is 9.59 Å². The van der Waals surface area contributed by atoms with Gasteiger partial charge in [0, 0.05) is 11.8 Å². The van der Waals surface area contributed by atoms with Gasteiger partial charge in [0.15, 0.2) is 0 Å². The summed E-state index contributed by atoms with van der Waals surface area (Å²) < 4.78 is 0. The van der Waals surface area contributed by atoms with Gasteiger partial charge in [-0.15, -0.1) is 0 Å². The number of carbonyl (C=O) groups excluding carboxylic acids is 1. The van der Waals surface area contributed by atoms with Crippen molar-refractivity contribution in [2.24, 2.45) is 50.7 Å². The average molecular weight is 503 g/mol. The van der Waals surface area contributed by atoms with E-state index in [0.29, 0.717) is 38.5 Å². The molecule has 36 heavy (non-hydrogen) atoms. The molecule has 0 aromatic rings. The molecule has 4 fully saturated rings. The Labute approximate surface area is 215 Å². The number of aldehydes is 1. The highest BCUT2D eigenvalue weighted by Gasteiger charge is 2.73. The summed E-state index contributed by atoms with van der Waals surface area (Å²) in [6.07, 6.45) is 6.66. The highest BCUT2D eigenvalue weighted by molar-refractivity contribution is 5.77. The second kappa shape index (κ2) is 7.66. The molecule has 202 valence electrons. The minimum absolute atomic E-state index is 0.00395. The van der Waals surface area contributed by atoms with E-state index in [1.807, 2.05) is 20.8 Å². The molecule has 0 aromatic carbocycles. The molecule has 4 saturated carbocycles. The number of carbonyl (C=O) groups is 2. The molecule has 0 bridgehead atoms. The van der Waals surface area contributed by atoms with Crippen LogP contribution in [0.1, 0.15) is 92.9 Å². The summed E-state index contributed by atoms with van der Waals surface area (Å²) in [5, 5.41) is 45.0. The van der Waals surface area contributed by atoms with Gasteiger partial charge in [-0.2, -0.15) is 0 Å². The Morgan fingerprint density at radius 1 is 1.03 bits per heavy atom. The van der Waals surface area contributed by atoms with E-state index < -0.39 is 40.5 Å². The highest BCUT2D eigenvalue weighted by Crippen LogP contribution is 2.75. The lowest BCUT2D eigenvalue weighted by Gasteiger charge is -2.72. The van der Waals surface area contributed by atoms with Crippen LogP contribution in [0, 0.1) is 50.7 Å². The van der Waals surface area contributed by atoms with E-state index in [2.05, 4.69) is 26.8 Å². The molecule has 0 heterocycles. The number of hydrogen-bond acceptors (Lipinski definition) is 5. The van der Waals surface area contributed by atoms with Gasteiger partial charge in [0.1, 0.15) is 6.29 Å². The van der Waals surface area contributed by atoms with Crippen molar-refractivity contribution in [3.8, 4) is 0 Å². The van der Waals surface area contributed by atoms with Crippen molar-refractivity contribution in [1.29, 1.82) is 0 Å². The molecule has 0 spiro atoms. The number of carboxylic acids is 1. The Hall–Kier alpha value is -1.24. The zero-order chi connectivity index (χ0) is 26.7. The Bertz CT molecular complexity index is 1000. The van der Waals surface area contributed by atoms with E-state index in [4.69, 9.17) is 0 Å². The molecule has 0 aliphatic heterocycles. The maximum atomic E-state index is 12.8. The SMILES string of the molecule is C[C@@H]1CC[C@]2(C(=O)O)CC[C@]3(C)C(=CC[C@@H]4[C@@]5(C)CC[C@H](O)[C@@](C)(C=O)[C@H]5[C@H](O)C[C@]43C)[C@H]2[C@]1(C)O. The van der Waals surface area contributed by atoms with Gasteiger partial charge in [-0.3, -0.25) is 4.79 Å². The summed E-state index contributed by atoms with van der Waals surface area (Å²) in [6, 6.07) is 0. The van der Waals surface area contributed by atoms with Crippen molar-refractivity contribution in [2.45, 2.75) is 111 Å². The third-order valence-corrected chi connectivity index (χ3v) is 13.3. The second-order valence-corrected chi connectivity index (χ2v) is 14.6. The average Bonchev–Trinajstić information content (AvgIpc) is 2.79. The van der Waals surface area contributed by atoms with Gasteiger partial charge in [-0.25, -0.2) is 0 Å². The first kappa shape index (κ1) is 26.4. The van der Waals surface area contributed by atoms with E-state index in [1.54, 1.807) is 0 Å². The Kier molecular flexibility index (Phi) is 5.61. The lowest BCUT2D eigenvalue weighted by molar-refractivity contribution is -0.243. The van der Waals surface area contributed by atoms with E-state index in [1.165, 1.54) is 0 Å². The molecule has 4 N–H and O–H groups in total. The van der Waals surface area contributed by atoms with E-state index in [0.717, 1.165) is 24.7 Å². The molecule has 0 saturated heterocycles. The lowest BCUT2D eigenvalue weighted by atomic mass is 9.32. The van der Waals surface area contributed by atoms with Crippen molar-refractivity contribution in [3.05, 3.63) is 11.6 Å². The second-order valence-electron chi connectivity index (χ2n) is 14.6. The normalized spacial score (nSPS) is 58.4. The number of aliphatic hydroxyl groups excluding tert-OH is 2. The molecule has 0 amide bonds. The van der Waals surface area contributed by atoms with Crippen LogP contribution >= 0.6 is 0 Å². The standard InChI is InChI=1S/C30H46O6/c1-17-9-12-30(24(34)35)14-13-27(4)18(22(30)29(17,6)36)7-8-20-25(2)11-10-21(33)26(3,16-31)23(25)19(32)15-28(20,27)5/h7,16-17,19-23,32-33,36H,8-15H2,1-6H3,(H,34,35)/t17-,19-,20-,21+,22+,23+,25-,26-,27-,28-,29-,30+/m1/s1. The van der Waals surface area contributed by atoms with Crippen LogP contribution in [0.2, 0.25) is 0 Å². The first-order valence-corrected chi connectivity index (χ1v) is 14.0. The summed E-state index contributed by atoms with van der Waals surface area (Å²) in [4.78, 5) is 25.2. The molecular formula is C30H46O6. The summed E-state index contributed by atoms with van der Waals surface area (Å²) in [5.41, 5.74) is -3.04. The number of aliphatic carboxylic acids is 1. The topological polar surface area (TPSA) is 115 Å². The molecule has 0 radical (unpaired) electrons. The van der Waals surface area contributed by atoms with Crippen molar-refractivity contribution < 1.29 is 30.0 Å². The molecule has 6 heteroatoms. The minimum atomic E-state index is -1.13. The van der Waals surface area contributed by atoms with Gasteiger partial charge < -0.3 is 25.2 Å². The van der Waals surface area contributed by atoms with E-state index in [-0.39, 0.29) is 34.0 Å². The molecule has 6 nitrogen and oxygen atoms in total. The monoisotopic (exact) mass is 502 g/mol. The predicted octanol–water partition coefficient (Wildman–Crippen LogP) is 4.35. The van der Waals surface area contributed by atoms with E-state index in [9.17, 15) is 30.0 Å². The number of allylic oxidation sites excluding steroid dienone is 1. The van der Waals surface area contributed by atoms with Crippen LogP contribution in [-0.4, -0.2) is 50.5 Å². The highest BCUT2D eigenvalue weighted by atomic mass is 16.4. The fourth-order valence-corrected chi connectivity index (χ4v) is 10.9. The van der Waals surface area contributed by atoms with Crippen LogP contribution in [0.25, 0.3) is 0 Å². The number of carboxylic acid groups (broad SMARTS) is 1. The van der Waals surface area contributed by atoms with Crippen molar-refractivity contribution in [1.82, 2.24) is 0 Å². The quantitative estimate of drug-likeness (QED) is 0.330. The van der Waals surface area contributed by atoms with Gasteiger partial charge in [0.05, 0.1) is 28.6 Å². The minimum Gasteiger partial charge on any atom is -0.481 e. The summed E-state index contributed by atoms with van der Waals surface area (Å²) in [6.45, 7) is 12.4. The summed E-state index contributed by atoms with van der Waals surface area (Å²) >= 11 is 0.